The van der Waals surface area contributed by atoms with Crippen LogP contribution in [0.5, 0.6) is 0 Å². The summed E-state index contributed by atoms with van der Waals surface area (Å²) >= 11 is 1.73. The second-order valence-electron chi connectivity index (χ2n) is 7.09. The highest BCUT2D eigenvalue weighted by atomic mass is 32.1. The van der Waals surface area contributed by atoms with Crippen molar-refractivity contribution < 1.29 is 4.79 Å². The fraction of sp³-hybridized carbons (Fsp3) is 0.667. The Morgan fingerprint density at radius 3 is 2.92 bits per heavy atom. The van der Waals surface area contributed by atoms with E-state index in [2.05, 4.69) is 46.6 Å². The van der Waals surface area contributed by atoms with Crippen LogP contribution in [0.15, 0.2) is 22.5 Å². The number of nitrogens with one attached hydrogen (secondary N) is 1. The minimum atomic E-state index is 0.0309. The predicted octanol–water partition coefficient (Wildman–Crippen LogP) is 2.65. The number of nitrogens with zero attached hydrogens (tertiary/aromatic N) is 3. The molecule has 1 amide bonds. The molecule has 1 aliphatic heterocycles. The van der Waals surface area contributed by atoms with Gasteiger partial charge in [0, 0.05) is 32.1 Å². The number of likely N-dealkylation sites (tertiary alicyclic amines) is 1. The van der Waals surface area contributed by atoms with Gasteiger partial charge in [0.2, 0.25) is 5.91 Å². The maximum Gasteiger partial charge on any atom is 0.243 e. The summed E-state index contributed by atoms with van der Waals surface area (Å²) in [6.45, 7) is 7.57. The van der Waals surface area contributed by atoms with Crippen molar-refractivity contribution in [2.75, 3.05) is 33.7 Å². The lowest BCUT2D eigenvalue weighted by Crippen LogP contribution is -2.40. The highest BCUT2D eigenvalue weighted by Gasteiger charge is 2.25. The molecule has 2 rings (SSSR count). The number of aliphatic imine (C=N–C) groups is 1. The van der Waals surface area contributed by atoms with E-state index in [9.17, 15) is 4.79 Å². The van der Waals surface area contributed by atoms with E-state index in [1.54, 1.807) is 30.3 Å². The number of thiophene rings is 1. The van der Waals surface area contributed by atoms with Crippen LogP contribution in [0, 0.1) is 11.8 Å². The number of guanidine groups is 1. The van der Waals surface area contributed by atoms with Gasteiger partial charge in [0.15, 0.2) is 5.96 Å². The monoisotopic (exact) mass is 350 g/mol. The van der Waals surface area contributed by atoms with Gasteiger partial charge in [0.25, 0.3) is 0 Å². The molecule has 0 bridgehead atoms. The largest absolute Gasteiger partial charge is 0.351 e. The SMILES string of the molecule is CC(C)CC1CCN(C(=NCC(=O)N(C)C)NCc2cccs2)C1. The molecule has 134 valence electrons. The standard InChI is InChI=1S/C18H30N4OS/c1-14(2)10-15-7-8-22(13-15)18(20-12-17(23)21(3)4)19-11-16-6-5-9-24-16/h5-6,9,14-15H,7-8,10-13H2,1-4H3,(H,19,20). The predicted molar refractivity (Wildman–Crippen MR) is 101 cm³/mol. The maximum atomic E-state index is 11.9. The quantitative estimate of drug-likeness (QED) is 0.634. The van der Waals surface area contributed by atoms with Crippen LogP contribution in [0.1, 0.15) is 31.6 Å². The Morgan fingerprint density at radius 1 is 1.50 bits per heavy atom. The average Bonchev–Trinajstić information content (AvgIpc) is 3.18. The number of carbonyl (C=O) groups is 1. The van der Waals surface area contributed by atoms with E-state index in [0.717, 1.165) is 37.4 Å². The first-order valence-corrected chi connectivity index (χ1v) is 9.59. The first-order chi connectivity index (χ1) is 11.5. The number of likely N-dealkylation sites (N-methyl/N-ethyl adjacent to an activating group) is 1. The topological polar surface area (TPSA) is 47.9 Å². The summed E-state index contributed by atoms with van der Waals surface area (Å²) in [6.07, 6.45) is 2.46. The summed E-state index contributed by atoms with van der Waals surface area (Å²) in [5, 5.41) is 5.53. The van der Waals surface area contributed by atoms with E-state index < -0.39 is 0 Å². The van der Waals surface area contributed by atoms with Crippen LogP contribution >= 0.6 is 11.3 Å². The minimum absolute atomic E-state index is 0.0309. The molecule has 0 aromatic carbocycles. The van der Waals surface area contributed by atoms with Gasteiger partial charge in [0.05, 0.1) is 6.54 Å². The number of rotatable bonds is 6. The molecule has 1 aliphatic rings. The molecule has 0 radical (unpaired) electrons. The van der Waals surface area contributed by atoms with E-state index in [1.165, 1.54) is 17.7 Å². The summed E-state index contributed by atoms with van der Waals surface area (Å²) in [5.74, 6) is 2.35. The van der Waals surface area contributed by atoms with Crippen LogP contribution in [-0.2, 0) is 11.3 Å². The molecule has 6 heteroatoms. The van der Waals surface area contributed by atoms with Crippen molar-refractivity contribution in [3.05, 3.63) is 22.4 Å². The first-order valence-electron chi connectivity index (χ1n) is 8.71. The van der Waals surface area contributed by atoms with Gasteiger partial charge in [-0.3, -0.25) is 4.79 Å². The van der Waals surface area contributed by atoms with Crippen molar-refractivity contribution >= 4 is 23.2 Å². The third-order valence-corrected chi connectivity index (χ3v) is 5.13. The van der Waals surface area contributed by atoms with Gasteiger partial charge in [-0.1, -0.05) is 19.9 Å². The van der Waals surface area contributed by atoms with Crippen molar-refractivity contribution in [1.82, 2.24) is 15.1 Å². The molecular weight excluding hydrogens is 320 g/mol. The van der Waals surface area contributed by atoms with Crippen molar-refractivity contribution in [1.29, 1.82) is 0 Å². The van der Waals surface area contributed by atoms with Crippen molar-refractivity contribution in [2.24, 2.45) is 16.8 Å². The summed E-state index contributed by atoms with van der Waals surface area (Å²) in [4.78, 5) is 21.6. The van der Waals surface area contributed by atoms with Crippen LogP contribution in [-0.4, -0.2) is 55.4 Å². The summed E-state index contributed by atoms with van der Waals surface area (Å²) in [7, 11) is 3.54. The second-order valence-corrected chi connectivity index (χ2v) is 8.12. The lowest BCUT2D eigenvalue weighted by atomic mass is 9.97. The normalized spacial score (nSPS) is 18.3. The van der Waals surface area contributed by atoms with Gasteiger partial charge in [-0.05, 0) is 36.1 Å². The Kier molecular flexibility index (Phi) is 7.09. The van der Waals surface area contributed by atoms with E-state index in [4.69, 9.17) is 0 Å². The summed E-state index contributed by atoms with van der Waals surface area (Å²) in [6, 6.07) is 4.17. The Bertz CT molecular complexity index is 539. The molecule has 5 nitrogen and oxygen atoms in total. The molecule has 0 spiro atoms. The van der Waals surface area contributed by atoms with Gasteiger partial charge in [0.1, 0.15) is 6.54 Å². The molecular formula is C18H30N4OS. The van der Waals surface area contributed by atoms with Crippen LogP contribution in [0.4, 0.5) is 0 Å². The fourth-order valence-corrected chi connectivity index (χ4v) is 3.66. The minimum Gasteiger partial charge on any atom is -0.351 e. The lowest BCUT2D eigenvalue weighted by Gasteiger charge is -2.22. The van der Waals surface area contributed by atoms with Crippen LogP contribution in [0.25, 0.3) is 0 Å². The van der Waals surface area contributed by atoms with Crippen LogP contribution in [0.3, 0.4) is 0 Å². The van der Waals surface area contributed by atoms with Crippen molar-refractivity contribution in [3.8, 4) is 0 Å². The fourth-order valence-electron chi connectivity index (χ4n) is 3.02. The third kappa shape index (κ3) is 5.82. The average molecular weight is 351 g/mol. The van der Waals surface area contributed by atoms with Gasteiger partial charge >= 0.3 is 0 Å². The number of carbonyl (C=O) groups excluding carboxylic acids is 1. The first kappa shape index (κ1) is 18.8. The Labute approximate surface area is 149 Å². The number of amides is 1. The van der Waals surface area contributed by atoms with Gasteiger partial charge in [-0.25, -0.2) is 4.99 Å². The molecule has 1 atom stereocenters. The third-order valence-electron chi connectivity index (χ3n) is 4.25. The van der Waals surface area contributed by atoms with E-state index in [0.29, 0.717) is 0 Å². The van der Waals surface area contributed by atoms with Crippen LogP contribution < -0.4 is 5.32 Å². The number of hydrogen-bond acceptors (Lipinski definition) is 3. The molecule has 1 aromatic rings. The zero-order chi connectivity index (χ0) is 17.5. The molecule has 0 aliphatic carbocycles. The zero-order valence-corrected chi connectivity index (χ0v) is 16.1. The molecule has 1 aromatic heterocycles. The molecule has 1 N–H and O–H groups in total. The summed E-state index contributed by atoms with van der Waals surface area (Å²) < 4.78 is 0. The molecule has 1 unspecified atom stereocenters. The maximum absolute atomic E-state index is 11.9. The highest BCUT2D eigenvalue weighted by molar-refractivity contribution is 7.09. The van der Waals surface area contributed by atoms with E-state index in [1.807, 2.05) is 0 Å². The molecule has 2 heterocycles. The number of hydrogen-bond donors (Lipinski definition) is 1. The van der Waals surface area contributed by atoms with Crippen LogP contribution in [0.2, 0.25) is 0 Å². The van der Waals surface area contributed by atoms with Gasteiger partial charge in [-0.2, -0.15) is 0 Å². The molecule has 1 saturated heterocycles. The van der Waals surface area contributed by atoms with Crippen molar-refractivity contribution in [3.63, 3.8) is 0 Å². The zero-order valence-electron chi connectivity index (χ0n) is 15.3. The highest BCUT2D eigenvalue weighted by Crippen LogP contribution is 2.23. The summed E-state index contributed by atoms with van der Waals surface area (Å²) in [5.41, 5.74) is 0. The Hall–Kier alpha value is -1.56. The van der Waals surface area contributed by atoms with E-state index >= 15 is 0 Å². The van der Waals surface area contributed by atoms with Gasteiger partial charge in [-0.15, -0.1) is 11.3 Å². The smallest absolute Gasteiger partial charge is 0.243 e. The second kappa shape index (κ2) is 9.06. The Morgan fingerprint density at radius 2 is 2.29 bits per heavy atom. The lowest BCUT2D eigenvalue weighted by molar-refractivity contribution is -0.127. The van der Waals surface area contributed by atoms with Crippen molar-refractivity contribution in [2.45, 2.75) is 33.2 Å². The Balaban J connectivity index is 1.99. The van der Waals surface area contributed by atoms with Gasteiger partial charge < -0.3 is 15.1 Å². The molecule has 1 fully saturated rings. The molecule has 24 heavy (non-hydrogen) atoms. The van der Waals surface area contributed by atoms with E-state index in [-0.39, 0.29) is 12.5 Å². The molecule has 0 saturated carbocycles.